The highest BCUT2D eigenvalue weighted by atomic mass is 79.9. The second-order valence-electron chi connectivity index (χ2n) is 7.10. The second-order valence-corrected chi connectivity index (χ2v) is 10.6. The quantitative estimate of drug-likeness (QED) is 0.404. The summed E-state index contributed by atoms with van der Waals surface area (Å²) in [5.41, 5.74) is 1.77. The Morgan fingerprint density at radius 3 is 2.23 bits per heavy atom. The highest BCUT2D eigenvalue weighted by Gasteiger charge is 2.27. The van der Waals surface area contributed by atoms with Crippen LogP contribution in [0.5, 0.6) is 0 Å². The number of nitrogens with one attached hydrogen (secondary N) is 2. The van der Waals surface area contributed by atoms with Crippen LogP contribution in [0.25, 0.3) is 0 Å². The van der Waals surface area contributed by atoms with Crippen LogP contribution in [0.2, 0.25) is 0 Å². The fraction of sp³-hybridized carbons (Fsp3) is 0.174. The van der Waals surface area contributed by atoms with Gasteiger partial charge in [0.2, 0.25) is 15.9 Å². The monoisotopic (exact) mass is 564 g/mol. The first kappa shape index (κ1) is 23.7. The number of carbonyl (C=O) groups excluding carboxylic acids is 1. The van der Waals surface area contributed by atoms with E-state index in [1.165, 1.54) is 12.1 Å². The predicted octanol–water partition coefficient (Wildman–Crippen LogP) is 4.98. The number of rotatable bonds is 8. The van der Waals surface area contributed by atoms with Gasteiger partial charge in [-0.15, -0.1) is 0 Å². The third kappa shape index (κ3) is 6.74. The van der Waals surface area contributed by atoms with Gasteiger partial charge in [-0.25, -0.2) is 8.42 Å². The van der Waals surface area contributed by atoms with Gasteiger partial charge >= 0.3 is 0 Å². The lowest BCUT2D eigenvalue weighted by Gasteiger charge is -2.22. The molecule has 1 amide bonds. The average molecular weight is 566 g/mol. The minimum Gasteiger partial charge on any atom is -0.348 e. The molecule has 0 saturated heterocycles. The van der Waals surface area contributed by atoms with Crippen LogP contribution in [-0.4, -0.2) is 20.4 Å². The van der Waals surface area contributed by atoms with E-state index in [9.17, 15) is 13.2 Å². The van der Waals surface area contributed by atoms with Crippen molar-refractivity contribution in [1.29, 1.82) is 0 Å². The molecule has 0 aliphatic carbocycles. The molecule has 0 aliphatic rings. The normalized spacial score (nSPS) is 13.4. The minimum atomic E-state index is -3.89. The Morgan fingerprint density at radius 2 is 1.58 bits per heavy atom. The van der Waals surface area contributed by atoms with E-state index < -0.39 is 22.0 Å². The van der Waals surface area contributed by atoms with E-state index in [1.54, 1.807) is 12.1 Å². The largest absolute Gasteiger partial charge is 0.348 e. The smallest absolute Gasteiger partial charge is 0.241 e. The summed E-state index contributed by atoms with van der Waals surface area (Å²) in [5.74, 6) is -0.392. The van der Waals surface area contributed by atoms with Crippen LogP contribution in [0.3, 0.4) is 0 Å². The molecule has 3 rings (SSSR count). The third-order valence-electron chi connectivity index (χ3n) is 4.73. The molecule has 0 unspecified atom stereocenters. The number of benzene rings is 3. The average Bonchev–Trinajstić information content (AvgIpc) is 2.74. The number of hydrogen-bond donors (Lipinski definition) is 2. The van der Waals surface area contributed by atoms with Gasteiger partial charge in [-0.1, -0.05) is 74.3 Å². The van der Waals surface area contributed by atoms with Crippen LogP contribution >= 0.6 is 31.9 Å². The van der Waals surface area contributed by atoms with Gasteiger partial charge in [-0.3, -0.25) is 4.79 Å². The molecule has 0 spiro atoms. The highest BCUT2D eigenvalue weighted by Crippen LogP contribution is 2.19. The standard InChI is InChI=1S/C23H22Br2N2O3S/c1-16(18-8-5-9-20(25)15-18)26-23(28)22(14-17-6-3-2-4-7-17)27-31(29,30)21-12-10-19(24)11-13-21/h2-13,15-16,22,27H,14H2,1H3,(H,26,28)/t16-,22-/m1/s1. The van der Waals surface area contributed by atoms with Crippen molar-refractivity contribution in [1.82, 2.24) is 10.0 Å². The van der Waals surface area contributed by atoms with Crippen molar-refractivity contribution in [2.75, 3.05) is 0 Å². The SMILES string of the molecule is C[C@@H](NC(=O)[C@@H](Cc1ccccc1)NS(=O)(=O)c1ccc(Br)cc1)c1cccc(Br)c1. The molecule has 8 heteroatoms. The number of sulfonamides is 1. The zero-order valence-corrected chi connectivity index (χ0v) is 20.7. The first-order valence-electron chi connectivity index (χ1n) is 9.62. The molecule has 31 heavy (non-hydrogen) atoms. The van der Waals surface area contributed by atoms with Crippen LogP contribution < -0.4 is 10.0 Å². The van der Waals surface area contributed by atoms with Crippen molar-refractivity contribution in [3.8, 4) is 0 Å². The molecular weight excluding hydrogens is 544 g/mol. The summed E-state index contributed by atoms with van der Waals surface area (Å²) in [7, 11) is -3.89. The lowest BCUT2D eigenvalue weighted by Crippen LogP contribution is -2.48. The lowest BCUT2D eigenvalue weighted by atomic mass is 10.0. The first-order valence-corrected chi connectivity index (χ1v) is 12.7. The Hall–Kier alpha value is -2.00. The number of carbonyl (C=O) groups is 1. The fourth-order valence-electron chi connectivity index (χ4n) is 3.08. The third-order valence-corrected chi connectivity index (χ3v) is 7.24. The molecule has 2 atom stereocenters. The van der Waals surface area contributed by atoms with Crippen LogP contribution in [0, 0.1) is 0 Å². The topological polar surface area (TPSA) is 75.3 Å². The van der Waals surface area contributed by atoms with E-state index in [2.05, 4.69) is 41.9 Å². The van der Waals surface area contributed by atoms with Crippen LogP contribution in [0.1, 0.15) is 24.1 Å². The molecule has 162 valence electrons. The first-order chi connectivity index (χ1) is 14.7. The maximum absolute atomic E-state index is 13.1. The summed E-state index contributed by atoms with van der Waals surface area (Å²) >= 11 is 6.73. The Kier molecular flexibility index (Phi) is 8.05. The van der Waals surface area contributed by atoms with Crippen molar-refractivity contribution in [2.45, 2.75) is 30.3 Å². The van der Waals surface area contributed by atoms with Crippen molar-refractivity contribution < 1.29 is 13.2 Å². The summed E-state index contributed by atoms with van der Waals surface area (Å²) in [6.07, 6.45) is 0.230. The molecule has 5 nitrogen and oxygen atoms in total. The van der Waals surface area contributed by atoms with E-state index >= 15 is 0 Å². The zero-order valence-electron chi connectivity index (χ0n) is 16.8. The van der Waals surface area contributed by atoms with E-state index in [0.717, 1.165) is 20.1 Å². The fourth-order valence-corrected chi connectivity index (χ4v) is 4.96. The van der Waals surface area contributed by atoms with Gasteiger partial charge in [0.1, 0.15) is 6.04 Å². The Bertz CT molecular complexity index is 1140. The lowest BCUT2D eigenvalue weighted by molar-refractivity contribution is -0.123. The molecule has 0 fully saturated rings. The number of amides is 1. The summed E-state index contributed by atoms with van der Waals surface area (Å²) in [5, 5.41) is 2.93. The second kappa shape index (κ2) is 10.5. The molecule has 0 saturated carbocycles. The summed E-state index contributed by atoms with van der Waals surface area (Å²) in [6, 6.07) is 22.0. The van der Waals surface area contributed by atoms with E-state index in [4.69, 9.17) is 0 Å². The van der Waals surface area contributed by atoms with Gasteiger partial charge < -0.3 is 5.32 Å². The van der Waals surface area contributed by atoms with Gasteiger partial charge in [0.05, 0.1) is 10.9 Å². The van der Waals surface area contributed by atoms with Crippen LogP contribution in [0.4, 0.5) is 0 Å². The van der Waals surface area contributed by atoms with E-state index in [-0.39, 0.29) is 17.4 Å². The Balaban J connectivity index is 1.83. The number of hydrogen-bond acceptors (Lipinski definition) is 3. The van der Waals surface area contributed by atoms with Crippen molar-refractivity contribution in [3.63, 3.8) is 0 Å². The van der Waals surface area contributed by atoms with Gasteiger partial charge in [-0.2, -0.15) is 4.72 Å². The molecule has 0 aliphatic heterocycles. The minimum absolute atomic E-state index is 0.0987. The van der Waals surface area contributed by atoms with Gasteiger partial charge in [0.15, 0.2) is 0 Å². The van der Waals surface area contributed by atoms with Crippen molar-refractivity contribution >= 4 is 47.8 Å². The predicted molar refractivity (Wildman–Crippen MR) is 129 cm³/mol. The van der Waals surface area contributed by atoms with Gasteiger partial charge in [0.25, 0.3) is 0 Å². The van der Waals surface area contributed by atoms with Gasteiger partial charge in [0, 0.05) is 8.95 Å². The van der Waals surface area contributed by atoms with Crippen LogP contribution in [0.15, 0.2) is 92.7 Å². The van der Waals surface area contributed by atoms with E-state index in [1.807, 2.05) is 61.5 Å². The molecule has 0 radical (unpaired) electrons. The molecule has 0 heterocycles. The maximum atomic E-state index is 13.1. The molecule has 2 N–H and O–H groups in total. The Labute approximate surface area is 199 Å². The molecular formula is C23H22Br2N2O3S. The van der Waals surface area contributed by atoms with Crippen molar-refractivity contribution in [3.05, 3.63) is 98.9 Å². The van der Waals surface area contributed by atoms with E-state index in [0.29, 0.717) is 0 Å². The maximum Gasteiger partial charge on any atom is 0.241 e. The molecule has 3 aromatic rings. The zero-order chi connectivity index (χ0) is 22.4. The molecule has 0 aromatic heterocycles. The number of halogens is 2. The van der Waals surface area contributed by atoms with Gasteiger partial charge in [-0.05, 0) is 60.9 Å². The highest BCUT2D eigenvalue weighted by molar-refractivity contribution is 9.10. The molecule has 3 aromatic carbocycles. The Morgan fingerprint density at radius 1 is 0.903 bits per heavy atom. The molecule has 0 bridgehead atoms. The summed E-state index contributed by atoms with van der Waals surface area (Å²) < 4.78 is 30.1. The van der Waals surface area contributed by atoms with Crippen LogP contribution in [-0.2, 0) is 21.2 Å². The summed E-state index contributed by atoms with van der Waals surface area (Å²) in [6.45, 7) is 1.86. The summed E-state index contributed by atoms with van der Waals surface area (Å²) in [4.78, 5) is 13.2. The van der Waals surface area contributed by atoms with Crippen molar-refractivity contribution in [2.24, 2.45) is 0 Å².